The Bertz CT molecular complexity index is 1280. The van der Waals surface area contributed by atoms with Gasteiger partial charge in [0, 0.05) is 25.2 Å². The normalized spacial score (nSPS) is 16.9. The van der Waals surface area contributed by atoms with Gasteiger partial charge in [0.05, 0.1) is 35.2 Å². The number of nitrogens with zero attached hydrogens (tertiary/aromatic N) is 3. The van der Waals surface area contributed by atoms with Gasteiger partial charge in [-0.25, -0.2) is 0 Å². The van der Waals surface area contributed by atoms with Gasteiger partial charge >= 0.3 is 0 Å². The summed E-state index contributed by atoms with van der Waals surface area (Å²) < 4.78 is 16.4. The van der Waals surface area contributed by atoms with E-state index in [0.29, 0.717) is 37.4 Å². The molecule has 194 valence electrons. The highest BCUT2D eigenvalue weighted by Gasteiger charge is 2.37. The van der Waals surface area contributed by atoms with Crippen molar-refractivity contribution in [2.75, 3.05) is 40.0 Å². The van der Waals surface area contributed by atoms with Crippen LogP contribution in [0.25, 0.3) is 6.08 Å². The largest absolute Gasteiger partial charge is 0.493 e. The zero-order valence-electron chi connectivity index (χ0n) is 19.7. The molecule has 2 heterocycles. The SMILES string of the molecule is COc1cc(/C=C2\SC(=O)N(CC(=O)N3CCOCC3)C2=O)cc(Cl)c1OCc1cccc([N+](=O)[O-])c1. The quantitative estimate of drug-likeness (QED) is 0.276. The van der Waals surface area contributed by atoms with E-state index in [1.165, 1.54) is 25.3 Å². The van der Waals surface area contributed by atoms with Crippen molar-refractivity contribution in [3.05, 3.63) is 67.6 Å². The molecule has 0 N–H and O–H groups in total. The lowest BCUT2D eigenvalue weighted by Crippen LogP contribution is -2.46. The molecule has 2 aliphatic heterocycles. The molecule has 2 saturated heterocycles. The maximum atomic E-state index is 12.9. The minimum absolute atomic E-state index is 0.00711. The molecule has 0 aliphatic carbocycles. The van der Waals surface area contributed by atoms with Crippen molar-refractivity contribution in [2.45, 2.75) is 6.61 Å². The molecular weight excluding hydrogens is 526 g/mol. The van der Waals surface area contributed by atoms with Crippen LogP contribution in [-0.2, 0) is 20.9 Å². The van der Waals surface area contributed by atoms with Crippen LogP contribution in [0.1, 0.15) is 11.1 Å². The second kappa shape index (κ2) is 11.6. The molecule has 0 unspecified atom stereocenters. The molecule has 0 aromatic heterocycles. The standard InChI is InChI=1S/C24H22ClN3O8S/c1-34-19-11-16(10-18(25)22(19)36-14-15-3-2-4-17(9-15)28(32)33)12-20-23(30)27(24(31)37-20)13-21(29)26-5-7-35-8-6-26/h2-4,9-12H,5-8,13-14H2,1H3/b20-12-. The van der Waals surface area contributed by atoms with Gasteiger partial charge in [-0.15, -0.1) is 0 Å². The Balaban J connectivity index is 1.48. The van der Waals surface area contributed by atoms with Gasteiger partial charge in [0.1, 0.15) is 13.2 Å². The van der Waals surface area contributed by atoms with Gasteiger partial charge in [0.25, 0.3) is 16.8 Å². The molecular formula is C24H22ClN3O8S. The summed E-state index contributed by atoms with van der Waals surface area (Å²) in [5.74, 6) is -0.401. The number of methoxy groups -OCH3 is 1. The number of morpholine rings is 1. The number of halogens is 1. The van der Waals surface area contributed by atoms with E-state index in [4.69, 9.17) is 25.8 Å². The van der Waals surface area contributed by atoms with Crippen LogP contribution < -0.4 is 9.47 Å². The van der Waals surface area contributed by atoms with Crippen LogP contribution in [0.15, 0.2) is 41.3 Å². The molecule has 37 heavy (non-hydrogen) atoms. The Morgan fingerprint density at radius 1 is 1.24 bits per heavy atom. The fraction of sp³-hybridized carbons (Fsp3) is 0.292. The highest BCUT2D eigenvalue weighted by atomic mass is 35.5. The molecule has 2 aromatic carbocycles. The number of carbonyl (C=O) groups excluding carboxylic acids is 3. The molecule has 0 radical (unpaired) electrons. The summed E-state index contributed by atoms with van der Waals surface area (Å²) >= 11 is 7.16. The van der Waals surface area contributed by atoms with Gasteiger partial charge in [-0.3, -0.25) is 29.4 Å². The van der Waals surface area contributed by atoms with Crippen molar-refractivity contribution in [3.8, 4) is 11.5 Å². The van der Waals surface area contributed by atoms with Crippen molar-refractivity contribution in [3.63, 3.8) is 0 Å². The van der Waals surface area contributed by atoms with E-state index < -0.39 is 16.1 Å². The number of hydrogen-bond acceptors (Lipinski definition) is 9. The third-order valence-corrected chi connectivity index (χ3v) is 6.77. The van der Waals surface area contributed by atoms with Crippen LogP contribution in [0, 0.1) is 10.1 Å². The number of carbonyl (C=O) groups is 3. The molecule has 2 aliphatic rings. The molecule has 0 spiro atoms. The van der Waals surface area contributed by atoms with Gasteiger partial charge in [-0.1, -0.05) is 23.7 Å². The molecule has 2 fully saturated rings. The van der Waals surface area contributed by atoms with Gasteiger partial charge in [0.2, 0.25) is 5.91 Å². The summed E-state index contributed by atoms with van der Waals surface area (Å²) in [5.41, 5.74) is 0.987. The third-order valence-electron chi connectivity index (χ3n) is 5.58. The number of non-ortho nitro benzene ring substituents is 1. The first-order valence-corrected chi connectivity index (χ1v) is 12.3. The van der Waals surface area contributed by atoms with E-state index in [-0.39, 0.29) is 46.2 Å². The van der Waals surface area contributed by atoms with Gasteiger partial charge in [-0.2, -0.15) is 0 Å². The highest BCUT2D eigenvalue weighted by Crippen LogP contribution is 2.39. The van der Waals surface area contributed by atoms with E-state index in [9.17, 15) is 24.5 Å². The van der Waals surface area contributed by atoms with E-state index in [2.05, 4.69) is 0 Å². The highest BCUT2D eigenvalue weighted by molar-refractivity contribution is 8.18. The van der Waals surface area contributed by atoms with Crippen LogP contribution >= 0.6 is 23.4 Å². The summed E-state index contributed by atoms with van der Waals surface area (Å²) in [6.07, 6.45) is 1.49. The number of benzene rings is 2. The van der Waals surface area contributed by atoms with Crippen LogP contribution in [-0.4, -0.2) is 71.7 Å². The second-order valence-electron chi connectivity index (χ2n) is 8.01. The molecule has 0 saturated carbocycles. The van der Waals surface area contributed by atoms with E-state index in [0.717, 1.165) is 16.7 Å². The van der Waals surface area contributed by atoms with E-state index >= 15 is 0 Å². The predicted molar refractivity (Wildman–Crippen MR) is 136 cm³/mol. The lowest BCUT2D eigenvalue weighted by atomic mass is 10.1. The Morgan fingerprint density at radius 2 is 2.00 bits per heavy atom. The number of amides is 3. The van der Waals surface area contributed by atoms with E-state index in [1.807, 2.05) is 0 Å². The zero-order valence-corrected chi connectivity index (χ0v) is 21.3. The third kappa shape index (κ3) is 6.21. The van der Waals surface area contributed by atoms with Gasteiger partial charge in [-0.05, 0) is 41.1 Å². The van der Waals surface area contributed by atoms with Gasteiger partial charge in [0.15, 0.2) is 11.5 Å². The molecule has 3 amide bonds. The second-order valence-corrected chi connectivity index (χ2v) is 9.41. The monoisotopic (exact) mass is 547 g/mol. The Hall–Kier alpha value is -3.61. The van der Waals surface area contributed by atoms with Crippen molar-refractivity contribution in [1.82, 2.24) is 9.80 Å². The molecule has 11 nitrogen and oxygen atoms in total. The number of hydrogen-bond donors (Lipinski definition) is 0. The molecule has 2 aromatic rings. The van der Waals surface area contributed by atoms with Crippen LogP contribution in [0.3, 0.4) is 0 Å². The van der Waals surface area contributed by atoms with E-state index in [1.54, 1.807) is 29.2 Å². The first-order valence-electron chi connectivity index (χ1n) is 11.1. The van der Waals surface area contributed by atoms with Gasteiger partial charge < -0.3 is 19.1 Å². The molecule has 4 rings (SSSR count). The smallest absolute Gasteiger partial charge is 0.294 e. The lowest BCUT2D eigenvalue weighted by Gasteiger charge is -2.28. The molecule has 0 bridgehead atoms. The summed E-state index contributed by atoms with van der Waals surface area (Å²) in [4.78, 5) is 50.9. The first kappa shape index (κ1) is 26.5. The Labute approximate surface area is 221 Å². The maximum absolute atomic E-state index is 12.9. The fourth-order valence-electron chi connectivity index (χ4n) is 3.71. The average molecular weight is 548 g/mol. The number of nitro benzene ring substituents is 1. The summed E-state index contributed by atoms with van der Waals surface area (Å²) in [6, 6.07) is 9.14. The first-order chi connectivity index (χ1) is 17.8. The van der Waals surface area contributed by atoms with Crippen LogP contribution in [0.4, 0.5) is 10.5 Å². The Morgan fingerprint density at radius 3 is 2.70 bits per heavy atom. The number of nitro groups is 1. The van der Waals surface area contributed by atoms with Crippen LogP contribution in [0.2, 0.25) is 5.02 Å². The number of thioether (sulfide) groups is 1. The fourth-order valence-corrected chi connectivity index (χ4v) is 4.83. The van der Waals surface area contributed by atoms with Crippen molar-refractivity contribution in [1.29, 1.82) is 0 Å². The number of imide groups is 1. The van der Waals surface area contributed by atoms with Crippen LogP contribution in [0.5, 0.6) is 11.5 Å². The minimum Gasteiger partial charge on any atom is -0.493 e. The minimum atomic E-state index is -0.572. The zero-order chi connectivity index (χ0) is 26.5. The molecule has 0 atom stereocenters. The number of ether oxygens (including phenoxy) is 3. The number of rotatable bonds is 8. The predicted octanol–water partition coefficient (Wildman–Crippen LogP) is 3.73. The summed E-state index contributed by atoms with van der Waals surface area (Å²) in [6.45, 7) is 1.34. The molecule has 13 heteroatoms. The summed E-state index contributed by atoms with van der Waals surface area (Å²) in [7, 11) is 1.42. The van der Waals surface area contributed by atoms with Crippen molar-refractivity contribution in [2.24, 2.45) is 0 Å². The van der Waals surface area contributed by atoms with Crippen molar-refractivity contribution < 1.29 is 33.5 Å². The summed E-state index contributed by atoms with van der Waals surface area (Å²) in [5, 5.41) is 10.6. The lowest BCUT2D eigenvalue weighted by molar-refractivity contribution is -0.384. The topological polar surface area (TPSA) is 129 Å². The maximum Gasteiger partial charge on any atom is 0.294 e. The Kier molecular flexibility index (Phi) is 8.31. The average Bonchev–Trinajstić information content (AvgIpc) is 3.15. The van der Waals surface area contributed by atoms with Crippen molar-refractivity contribution >= 4 is 52.2 Å².